The number of aryl methyl sites for hydroxylation is 3. The summed E-state index contributed by atoms with van der Waals surface area (Å²) in [7, 11) is 0. The normalized spacial score (nSPS) is 12.4. The fourth-order valence-electron chi connectivity index (χ4n) is 2.18. The van der Waals surface area contributed by atoms with Crippen LogP contribution in [0.3, 0.4) is 0 Å². The zero-order valence-electron chi connectivity index (χ0n) is 11.7. The maximum atomic E-state index is 10.3. The molecule has 2 aromatic carbocycles. The van der Waals surface area contributed by atoms with Gasteiger partial charge < -0.3 is 5.11 Å². The summed E-state index contributed by atoms with van der Waals surface area (Å²) in [5, 5.41) is 10.3. The van der Waals surface area contributed by atoms with Crippen molar-refractivity contribution in [2.24, 2.45) is 0 Å². The molecule has 2 heteroatoms. The summed E-state index contributed by atoms with van der Waals surface area (Å²) >= 11 is 1.71. The minimum atomic E-state index is -0.412. The Labute approximate surface area is 119 Å². The molecule has 0 spiro atoms. The van der Waals surface area contributed by atoms with Crippen molar-refractivity contribution < 1.29 is 5.11 Å². The number of hydrogen-bond acceptors (Lipinski definition) is 2. The van der Waals surface area contributed by atoms with Crippen LogP contribution >= 0.6 is 11.8 Å². The number of thioether (sulfide) groups is 1. The van der Waals surface area contributed by atoms with Crippen LogP contribution in [0.25, 0.3) is 0 Å². The monoisotopic (exact) mass is 272 g/mol. The van der Waals surface area contributed by atoms with Gasteiger partial charge in [0.1, 0.15) is 0 Å². The highest BCUT2D eigenvalue weighted by molar-refractivity contribution is 7.99. The van der Waals surface area contributed by atoms with Crippen molar-refractivity contribution in [2.45, 2.75) is 31.8 Å². The Bertz CT molecular complexity index is 563. The van der Waals surface area contributed by atoms with Crippen molar-refractivity contribution in [1.29, 1.82) is 0 Å². The maximum absolute atomic E-state index is 10.3. The summed E-state index contributed by atoms with van der Waals surface area (Å²) in [4.78, 5) is 1.24. The average Bonchev–Trinajstić information content (AvgIpc) is 2.37. The molecule has 0 bridgehead atoms. The number of hydrogen-bond donors (Lipinski definition) is 1. The van der Waals surface area contributed by atoms with Gasteiger partial charge in [-0.15, -0.1) is 11.8 Å². The lowest BCUT2D eigenvalue weighted by Crippen LogP contribution is -2.03. The van der Waals surface area contributed by atoms with Crippen LogP contribution in [-0.4, -0.2) is 10.9 Å². The molecule has 1 nitrogen and oxygen atoms in total. The van der Waals surface area contributed by atoms with Gasteiger partial charge in [0.25, 0.3) is 0 Å². The van der Waals surface area contributed by atoms with E-state index < -0.39 is 6.10 Å². The standard InChI is InChI=1S/C17H20OS/c1-12-8-9-15(14(3)10-12)16(18)11-19-17-7-5-4-6-13(17)2/h4-10,16,18H,11H2,1-3H3. The Morgan fingerprint density at radius 2 is 1.74 bits per heavy atom. The van der Waals surface area contributed by atoms with E-state index in [-0.39, 0.29) is 0 Å². The first-order valence-electron chi connectivity index (χ1n) is 6.51. The quantitative estimate of drug-likeness (QED) is 0.830. The van der Waals surface area contributed by atoms with Gasteiger partial charge in [0, 0.05) is 10.6 Å². The molecule has 0 heterocycles. The van der Waals surface area contributed by atoms with Gasteiger partial charge in [-0.25, -0.2) is 0 Å². The predicted octanol–water partition coefficient (Wildman–Crippen LogP) is 4.44. The van der Waals surface area contributed by atoms with E-state index in [0.29, 0.717) is 5.75 Å². The molecule has 0 aromatic heterocycles. The van der Waals surface area contributed by atoms with Crippen molar-refractivity contribution in [3.05, 3.63) is 64.7 Å². The molecular weight excluding hydrogens is 252 g/mol. The molecule has 0 fully saturated rings. The largest absolute Gasteiger partial charge is 0.388 e. The van der Waals surface area contributed by atoms with Crippen LogP contribution in [0.15, 0.2) is 47.4 Å². The molecule has 0 aliphatic carbocycles. The Balaban J connectivity index is 2.05. The van der Waals surface area contributed by atoms with Gasteiger partial charge in [0.2, 0.25) is 0 Å². The smallest absolute Gasteiger partial charge is 0.0886 e. The third kappa shape index (κ3) is 3.62. The highest BCUT2D eigenvalue weighted by Gasteiger charge is 2.11. The third-order valence-corrected chi connectivity index (χ3v) is 4.53. The molecule has 1 atom stereocenters. The van der Waals surface area contributed by atoms with Crippen LogP contribution in [0.1, 0.15) is 28.4 Å². The average molecular weight is 272 g/mol. The van der Waals surface area contributed by atoms with Crippen LogP contribution in [0.2, 0.25) is 0 Å². The molecule has 0 aliphatic heterocycles. The second kappa shape index (κ2) is 6.27. The van der Waals surface area contributed by atoms with E-state index in [1.165, 1.54) is 16.0 Å². The molecule has 0 aliphatic rings. The maximum Gasteiger partial charge on any atom is 0.0886 e. The van der Waals surface area contributed by atoms with Crippen LogP contribution in [0, 0.1) is 20.8 Å². The minimum absolute atomic E-state index is 0.412. The summed E-state index contributed by atoms with van der Waals surface area (Å²) in [6.45, 7) is 6.24. The molecule has 0 amide bonds. The second-order valence-corrected chi connectivity index (χ2v) is 6.01. The van der Waals surface area contributed by atoms with E-state index in [1.807, 2.05) is 18.2 Å². The fourth-order valence-corrected chi connectivity index (χ4v) is 3.16. The zero-order valence-corrected chi connectivity index (χ0v) is 12.5. The number of aliphatic hydroxyl groups is 1. The Morgan fingerprint density at radius 3 is 2.42 bits per heavy atom. The van der Waals surface area contributed by atoms with Gasteiger partial charge in [0.05, 0.1) is 6.10 Å². The number of rotatable bonds is 4. The first-order valence-corrected chi connectivity index (χ1v) is 7.50. The molecule has 100 valence electrons. The minimum Gasteiger partial charge on any atom is -0.388 e. The van der Waals surface area contributed by atoms with E-state index in [9.17, 15) is 5.11 Å². The van der Waals surface area contributed by atoms with Crippen LogP contribution in [0.4, 0.5) is 0 Å². The topological polar surface area (TPSA) is 20.2 Å². The van der Waals surface area contributed by atoms with E-state index in [0.717, 1.165) is 11.1 Å². The van der Waals surface area contributed by atoms with Crippen molar-refractivity contribution in [3.8, 4) is 0 Å². The Morgan fingerprint density at radius 1 is 1.00 bits per heavy atom. The molecular formula is C17H20OS. The molecule has 0 radical (unpaired) electrons. The zero-order chi connectivity index (χ0) is 13.8. The Hall–Kier alpha value is -1.25. The SMILES string of the molecule is Cc1ccc(C(O)CSc2ccccc2C)c(C)c1. The summed E-state index contributed by atoms with van der Waals surface area (Å²) < 4.78 is 0. The van der Waals surface area contributed by atoms with E-state index in [2.05, 4.69) is 45.0 Å². The molecule has 2 aromatic rings. The van der Waals surface area contributed by atoms with E-state index in [1.54, 1.807) is 11.8 Å². The first kappa shape index (κ1) is 14.2. The van der Waals surface area contributed by atoms with Gasteiger partial charge in [-0.3, -0.25) is 0 Å². The van der Waals surface area contributed by atoms with Crippen molar-refractivity contribution in [1.82, 2.24) is 0 Å². The molecule has 1 N–H and O–H groups in total. The van der Waals surface area contributed by atoms with Gasteiger partial charge in [0.15, 0.2) is 0 Å². The van der Waals surface area contributed by atoms with Crippen molar-refractivity contribution in [3.63, 3.8) is 0 Å². The van der Waals surface area contributed by atoms with Gasteiger partial charge in [-0.05, 0) is 43.5 Å². The van der Waals surface area contributed by atoms with E-state index >= 15 is 0 Å². The third-order valence-electron chi connectivity index (χ3n) is 3.27. The van der Waals surface area contributed by atoms with Gasteiger partial charge >= 0.3 is 0 Å². The molecule has 0 saturated heterocycles. The van der Waals surface area contributed by atoms with Crippen molar-refractivity contribution >= 4 is 11.8 Å². The van der Waals surface area contributed by atoms with Crippen molar-refractivity contribution in [2.75, 3.05) is 5.75 Å². The number of benzene rings is 2. The highest BCUT2D eigenvalue weighted by Crippen LogP contribution is 2.28. The molecule has 2 rings (SSSR count). The lowest BCUT2D eigenvalue weighted by Gasteiger charge is -2.14. The summed E-state index contributed by atoms with van der Waals surface area (Å²) in [5.74, 6) is 0.689. The van der Waals surface area contributed by atoms with Crippen LogP contribution in [0.5, 0.6) is 0 Å². The van der Waals surface area contributed by atoms with Gasteiger partial charge in [-0.2, -0.15) is 0 Å². The first-order chi connectivity index (χ1) is 9.08. The molecule has 0 saturated carbocycles. The van der Waals surface area contributed by atoms with Crippen LogP contribution in [-0.2, 0) is 0 Å². The molecule has 19 heavy (non-hydrogen) atoms. The predicted molar refractivity (Wildman–Crippen MR) is 82.8 cm³/mol. The van der Waals surface area contributed by atoms with E-state index in [4.69, 9.17) is 0 Å². The Kier molecular flexibility index (Phi) is 4.67. The summed E-state index contributed by atoms with van der Waals surface area (Å²) in [6, 6.07) is 14.5. The van der Waals surface area contributed by atoms with Gasteiger partial charge in [-0.1, -0.05) is 42.0 Å². The fraction of sp³-hybridized carbons (Fsp3) is 0.294. The number of aliphatic hydroxyl groups excluding tert-OH is 1. The highest BCUT2D eigenvalue weighted by atomic mass is 32.2. The molecule has 1 unspecified atom stereocenters. The lowest BCUT2D eigenvalue weighted by molar-refractivity contribution is 0.203. The lowest BCUT2D eigenvalue weighted by atomic mass is 10.0. The summed E-state index contributed by atoms with van der Waals surface area (Å²) in [6.07, 6.45) is -0.412. The second-order valence-electron chi connectivity index (χ2n) is 4.95. The van der Waals surface area contributed by atoms with Crippen LogP contribution < -0.4 is 0 Å². The summed E-state index contributed by atoms with van der Waals surface area (Å²) in [5.41, 5.74) is 4.70.